The summed E-state index contributed by atoms with van der Waals surface area (Å²) in [4.78, 5) is 84.1. The molecule has 4 fully saturated rings. The number of aromatic nitrogens is 4. The van der Waals surface area contributed by atoms with Crippen molar-refractivity contribution in [2.45, 2.75) is 74.5 Å². The van der Waals surface area contributed by atoms with Gasteiger partial charge in [-0.1, -0.05) is 60.7 Å². The fraction of sp³-hybridized carbons (Fsp3) is 0.412. The fourth-order valence-corrected chi connectivity index (χ4v) is 10.8. The van der Waals surface area contributed by atoms with E-state index in [0.717, 1.165) is 44.8 Å². The minimum atomic E-state index is -5.97. The van der Waals surface area contributed by atoms with Crippen molar-refractivity contribution in [3.63, 3.8) is 0 Å². The van der Waals surface area contributed by atoms with Crippen LogP contribution in [0.1, 0.15) is 23.6 Å². The summed E-state index contributed by atoms with van der Waals surface area (Å²) >= 11 is 0. The molecule has 5 unspecified atom stereocenters. The van der Waals surface area contributed by atoms with Crippen LogP contribution in [0.3, 0.4) is 0 Å². The van der Waals surface area contributed by atoms with E-state index < -0.39 is 121 Å². The van der Waals surface area contributed by atoms with Crippen molar-refractivity contribution < 1.29 is 74.5 Å². The zero-order valence-corrected chi connectivity index (χ0v) is 33.9. The molecule has 24 nitrogen and oxygen atoms in total. The summed E-state index contributed by atoms with van der Waals surface area (Å²) in [6.45, 7) is -1.76. The average molecular weight is 915 g/mol. The molecular formula is C34H37N4O20P3. The summed E-state index contributed by atoms with van der Waals surface area (Å²) in [5.74, 6) is 0. The maximum Gasteiger partial charge on any atom is 0.490 e. The molecule has 4 saturated heterocycles. The highest BCUT2D eigenvalue weighted by molar-refractivity contribution is 7.66. The highest BCUT2D eigenvalue weighted by atomic mass is 31.3. The van der Waals surface area contributed by atoms with Gasteiger partial charge in [-0.15, -0.1) is 0 Å². The van der Waals surface area contributed by atoms with Gasteiger partial charge in [0, 0.05) is 37.4 Å². The molecule has 4 aliphatic heterocycles. The molecule has 0 aliphatic carbocycles. The molecule has 4 aliphatic rings. The van der Waals surface area contributed by atoms with Gasteiger partial charge in [0.15, 0.2) is 25.0 Å². The number of phosphoric ester groups is 2. The van der Waals surface area contributed by atoms with Crippen molar-refractivity contribution >= 4 is 23.5 Å². The molecule has 4 aromatic rings. The molecule has 13 atom stereocenters. The molecule has 328 valence electrons. The summed E-state index contributed by atoms with van der Waals surface area (Å²) in [6, 6.07) is 20.2. The summed E-state index contributed by atoms with van der Waals surface area (Å²) in [6.07, 6.45) is -8.15. The van der Waals surface area contributed by atoms with E-state index in [-0.39, 0.29) is 12.8 Å². The van der Waals surface area contributed by atoms with Gasteiger partial charge in [-0.05, 0) is 11.1 Å². The van der Waals surface area contributed by atoms with Gasteiger partial charge < -0.3 is 43.1 Å². The first kappa shape index (κ1) is 43.6. The second-order valence-electron chi connectivity index (χ2n) is 14.0. The zero-order chi connectivity index (χ0) is 43.1. The number of benzene rings is 2. The van der Waals surface area contributed by atoms with Gasteiger partial charge in [0.05, 0.1) is 13.2 Å². The molecule has 61 heavy (non-hydrogen) atoms. The molecular weight excluding hydrogens is 877 g/mol. The van der Waals surface area contributed by atoms with E-state index in [0.29, 0.717) is 0 Å². The molecule has 0 spiro atoms. The Hall–Kier alpha value is -4.03. The van der Waals surface area contributed by atoms with Gasteiger partial charge in [-0.3, -0.25) is 37.7 Å². The predicted molar refractivity (Wildman–Crippen MR) is 201 cm³/mol. The van der Waals surface area contributed by atoms with E-state index in [1.54, 1.807) is 24.3 Å². The van der Waals surface area contributed by atoms with Gasteiger partial charge in [0.1, 0.15) is 36.6 Å². The van der Waals surface area contributed by atoms with Crippen LogP contribution in [0.5, 0.6) is 0 Å². The lowest BCUT2D eigenvalue weighted by atomic mass is 10.1. The van der Waals surface area contributed by atoms with Crippen LogP contribution in [0.15, 0.2) is 104 Å². The van der Waals surface area contributed by atoms with Crippen molar-refractivity contribution in [3.8, 4) is 0 Å². The van der Waals surface area contributed by atoms with E-state index >= 15 is 0 Å². The van der Waals surface area contributed by atoms with Gasteiger partial charge >= 0.3 is 34.8 Å². The lowest BCUT2D eigenvalue weighted by molar-refractivity contribution is -0.150. The Kier molecular flexibility index (Phi) is 12.6. The lowest BCUT2D eigenvalue weighted by Crippen LogP contribution is -2.36. The van der Waals surface area contributed by atoms with Crippen LogP contribution >= 0.6 is 23.5 Å². The van der Waals surface area contributed by atoms with Crippen molar-refractivity contribution in [2.24, 2.45) is 0 Å². The predicted octanol–water partition coefficient (Wildman–Crippen LogP) is 0.955. The van der Waals surface area contributed by atoms with Gasteiger partial charge in [-0.25, -0.2) is 23.3 Å². The molecule has 0 saturated carbocycles. The number of fused-ring (bicyclic) bond motifs is 2. The third-order valence-corrected chi connectivity index (χ3v) is 14.0. The summed E-state index contributed by atoms with van der Waals surface area (Å²) in [5.41, 5.74) is -1.44. The number of aromatic amines is 2. The quantitative estimate of drug-likeness (QED) is 0.0977. The number of phosphoric acid groups is 3. The standard InChI is InChI=1S/C34H37N4O20P3/c39-23-11-13-37(33(41)35-23)31-29-27(53-25(55-29)15-19-7-3-1-4-8-19)21(51-31)17-49-59(43,44)57-61(47,48)58-60(45,46)50-18-22-28-30(32(52-22)38-14-12-24(40)36-34(38)42)56-26(54-28)16-20-9-5-2-6-10-20/h1-14,21-22,25-32H,15-18H2,(H,43,44)(H,45,46)(H,47,48)(H,35,39,41)(H,36,40,42)/t21-,22+,25?,26?,27-,28+,29-,30+,31-,32+. The highest BCUT2D eigenvalue weighted by Gasteiger charge is 2.56. The van der Waals surface area contributed by atoms with E-state index in [9.17, 15) is 47.6 Å². The number of nitrogens with one attached hydrogen (secondary N) is 2. The van der Waals surface area contributed by atoms with Crippen molar-refractivity contribution in [1.82, 2.24) is 19.1 Å². The molecule has 0 bridgehead atoms. The Balaban J connectivity index is 0.900. The normalized spacial score (nSPS) is 31.2. The van der Waals surface area contributed by atoms with E-state index in [4.69, 9.17) is 37.5 Å². The molecule has 27 heteroatoms. The van der Waals surface area contributed by atoms with Crippen LogP contribution < -0.4 is 22.5 Å². The summed E-state index contributed by atoms with van der Waals surface area (Å²) in [7, 11) is -17.3. The van der Waals surface area contributed by atoms with Crippen LogP contribution in [0.25, 0.3) is 0 Å². The van der Waals surface area contributed by atoms with E-state index in [1.165, 1.54) is 0 Å². The number of H-pyrrole nitrogens is 2. The minimum absolute atomic E-state index is 0.254. The van der Waals surface area contributed by atoms with Crippen molar-refractivity contribution in [2.75, 3.05) is 13.2 Å². The Bertz CT molecular complexity index is 2420. The van der Waals surface area contributed by atoms with Crippen LogP contribution in [-0.2, 0) is 72.6 Å². The molecule has 2 aromatic carbocycles. The SMILES string of the molecule is O=c1ccn([C@@H]2O[C@H](COP(=O)(O)OP(=O)(O)OP(=O)(O)OC[C@@H]3O[C@H](n4ccc(=O)[nH]c4=O)[C@H]4OC(Cc5ccccc5)O[C@H]43)[C@H]3OC(Cc4ccccc4)O[C@H]32)c(=O)[nH]1. The van der Waals surface area contributed by atoms with E-state index in [1.807, 2.05) is 36.4 Å². The number of hydrogen-bond acceptors (Lipinski definition) is 17. The molecule has 0 amide bonds. The number of ether oxygens (including phenoxy) is 6. The Morgan fingerprint density at radius 2 is 0.902 bits per heavy atom. The minimum Gasteiger partial charge on any atom is -0.346 e. The number of hydrogen-bond donors (Lipinski definition) is 5. The van der Waals surface area contributed by atoms with Gasteiger partial charge in [-0.2, -0.15) is 8.62 Å². The zero-order valence-electron chi connectivity index (χ0n) is 31.2. The fourth-order valence-electron chi connectivity index (χ4n) is 7.24. The van der Waals surface area contributed by atoms with Crippen molar-refractivity contribution in [1.29, 1.82) is 0 Å². The Labute approximate surface area is 342 Å². The topological polar surface area (TPSA) is 314 Å². The second-order valence-corrected chi connectivity index (χ2v) is 18.6. The van der Waals surface area contributed by atoms with Crippen LogP contribution in [0.4, 0.5) is 0 Å². The monoisotopic (exact) mass is 914 g/mol. The largest absolute Gasteiger partial charge is 0.490 e. The molecule has 6 heterocycles. The smallest absolute Gasteiger partial charge is 0.346 e. The molecule has 2 aromatic heterocycles. The van der Waals surface area contributed by atoms with Gasteiger partial charge in [0.2, 0.25) is 0 Å². The third-order valence-electron chi connectivity index (χ3n) is 9.76. The van der Waals surface area contributed by atoms with Gasteiger partial charge in [0.25, 0.3) is 11.1 Å². The first-order chi connectivity index (χ1) is 29.0. The lowest BCUT2D eigenvalue weighted by Gasteiger charge is -2.23. The first-order valence-electron chi connectivity index (χ1n) is 18.4. The average Bonchev–Trinajstić information content (AvgIpc) is 3.95. The van der Waals surface area contributed by atoms with Crippen LogP contribution in [0, 0.1) is 0 Å². The van der Waals surface area contributed by atoms with Crippen LogP contribution in [0.2, 0.25) is 0 Å². The maximum absolute atomic E-state index is 12.9. The summed E-state index contributed by atoms with van der Waals surface area (Å²) in [5, 5.41) is 0. The Morgan fingerprint density at radius 3 is 1.28 bits per heavy atom. The third kappa shape index (κ3) is 10.3. The first-order valence-corrected chi connectivity index (χ1v) is 22.8. The molecule has 8 rings (SSSR count). The Morgan fingerprint density at radius 1 is 0.525 bits per heavy atom. The van der Waals surface area contributed by atoms with Crippen LogP contribution in [-0.4, -0.2) is 96.2 Å². The summed E-state index contributed by atoms with van der Waals surface area (Å²) < 4.78 is 95.1. The number of nitrogens with zero attached hydrogens (tertiary/aromatic N) is 2. The second kappa shape index (κ2) is 17.6. The number of rotatable bonds is 16. The maximum atomic E-state index is 12.9. The highest BCUT2D eigenvalue weighted by Crippen LogP contribution is 2.68. The van der Waals surface area contributed by atoms with Crippen molar-refractivity contribution in [3.05, 3.63) is 138 Å². The molecule has 5 N–H and O–H groups in total. The van der Waals surface area contributed by atoms with E-state index in [2.05, 4.69) is 18.6 Å². The molecule has 0 radical (unpaired) electrons.